The molecule has 0 aromatic heterocycles. The number of methoxy groups -OCH3 is 1. The molecule has 1 N–H and O–H groups in total. The number of ether oxygens (including phenoxy) is 3. The monoisotopic (exact) mass is 588 g/mol. The molecule has 2 fully saturated rings. The van der Waals surface area contributed by atoms with Crippen molar-refractivity contribution in [2.75, 3.05) is 19.4 Å². The Morgan fingerprint density at radius 1 is 0.905 bits per heavy atom. The van der Waals surface area contributed by atoms with Gasteiger partial charge in [0.2, 0.25) is 12.0 Å². The number of carbonyl (C=O) groups is 5. The molecule has 11 heteroatoms. The predicted octanol–water partition coefficient (Wildman–Crippen LogP) is 2.79. The Bertz CT molecular complexity index is 1420. The lowest BCUT2D eigenvalue weighted by molar-refractivity contribution is -0.177. The van der Waals surface area contributed by atoms with Gasteiger partial charge >= 0.3 is 11.9 Å². The summed E-state index contributed by atoms with van der Waals surface area (Å²) >= 11 is 1.16. The van der Waals surface area contributed by atoms with Gasteiger partial charge in [0.1, 0.15) is 11.4 Å². The summed E-state index contributed by atoms with van der Waals surface area (Å²) in [6, 6.07) is 25.8. The van der Waals surface area contributed by atoms with E-state index >= 15 is 0 Å². The normalized spacial score (nSPS) is 21.8. The highest BCUT2D eigenvalue weighted by atomic mass is 32.2. The number of nitrogens with zero attached hydrogens (tertiary/aromatic N) is 1. The Hall–Kier alpha value is -4.64. The number of thioether (sulfide) groups is 1. The molecule has 10 nitrogen and oxygen atoms in total. The van der Waals surface area contributed by atoms with E-state index in [1.54, 1.807) is 30.3 Å². The maximum Gasteiger partial charge on any atom is 0.327 e. The van der Waals surface area contributed by atoms with Gasteiger partial charge in [0.05, 0.1) is 7.11 Å². The van der Waals surface area contributed by atoms with E-state index in [2.05, 4.69) is 5.32 Å². The van der Waals surface area contributed by atoms with Crippen LogP contribution < -0.4 is 5.32 Å². The van der Waals surface area contributed by atoms with E-state index in [1.165, 1.54) is 12.0 Å². The number of benzene rings is 3. The summed E-state index contributed by atoms with van der Waals surface area (Å²) in [5.74, 6) is -2.82. The second-order valence-corrected chi connectivity index (χ2v) is 11.0. The zero-order chi connectivity index (χ0) is 29.7. The van der Waals surface area contributed by atoms with Crippen molar-refractivity contribution in [1.82, 2.24) is 10.2 Å². The molecule has 0 aliphatic carbocycles. The zero-order valence-electron chi connectivity index (χ0n) is 22.6. The van der Waals surface area contributed by atoms with Gasteiger partial charge in [0.15, 0.2) is 11.5 Å². The van der Waals surface area contributed by atoms with Crippen molar-refractivity contribution in [3.63, 3.8) is 0 Å². The van der Waals surface area contributed by atoms with E-state index < -0.39 is 52.8 Å². The van der Waals surface area contributed by atoms with E-state index in [4.69, 9.17) is 14.2 Å². The van der Waals surface area contributed by atoms with Crippen molar-refractivity contribution in [3.8, 4) is 0 Å². The van der Waals surface area contributed by atoms with Crippen LogP contribution in [0.4, 0.5) is 0 Å². The van der Waals surface area contributed by atoms with Crippen LogP contribution >= 0.6 is 11.8 Å². The Kier molecular flexibility index (Phi) is 8.58. The molecule has 2 heterocycles. The standard InChI is InChI=1S/C31H28N2O8S/c1-39-29(37)31(30(38)41-24(20-11-5-2-6-12-20)21-13-7-3-8-14-21)17-33-27(36)23(28(33)42-18-31)32-26(35)25(40-19-34)22-15-9-4-10-16-22/h2-16,19,23-25,28H,17-18H2,1H3,(H,32,35)/t23?,25?,28-,31?/m1/s1. The van der Waals surface area contributed by atoms with Crippen LogP contribution in [0, 0.1) is 5.41 Å². The van der Waals surface area contributed by atoms with Crippen LogP contribution in [-0.2, 0) is 38.2 Å². The lowest BCUT2D eigenvalue weighted by atomic mass is 9.86. The average molecular weight is 589 g/mol. The van der Waals surface area contributed by atoms with E-state index in [1.807, 2.05) is 60.7 Å². The number of fused-ring (bicyclic) bond motifs is 1. The summed E-state index contributed by atoms with van der Waals surface area (Å²) in [6.07, 6.45) is -2.03. The topological polar surface area (TPSA) is 128 Å². The Balaban J connectivity index is 1.34. The van der Waals surface area contributed by atoms with Crippen LogP contribution in [0.15, 0.2) is 91.0 Å². The van der Waals surface area contributed by atoms with Gasteiger partial charge in [0, 0.05) is 17.9 Å². The third-order valence-electron chi connectivity index (χ3n) is 7.31. The van der Waals surface area contributed by atoms with Gasteiger partial charge in [-0.05, 0) is 11.1 Å². The summed E-state index contributed by atoms with van der Waals surface area (Å²) in [4.78, 5) is 65.7. The minimum absolute atomic E-state index is 0.0391. The average Bonchev–Trinajstić information content (AvgIpc) is 3.05. The van der Waals surface area contributed by atoms with Crippen LogP contribution in [0.5, 0.6) is 0 Å². The molecule has 3 unspecified atom stereocenters. The minimum atomic E-state index is -1.78. The highest BCUT2D eigenvalue weighted by Gasteiger charge is 2.62. The lowest BCUT2D eigenvalue weighted by Gasteiger charge is -2.53. The first-order valence-corrected chi connectivity index (χ1v) is 14.2. The van der Waals surface area contributed by atoms with E-state index in [9.17, 15) is 24.0 Å². The molecule has 42 heavy (non-hydrogen) atoms. The first-order valence-electron chi connectivity index (χ1n) is 13.2. The fourth-order valence-electron chi connectivity index (χ4n) is 5.11. The van der Waals surface area contributed by atoms with Gasteiger partial charge in [-0.1, -0.05) is 91.0 Å². The molecule has 3 aromatic carbocycles. The summed E-state index contributed by atoms with van der Waals surface area (Å²) in [7, 11) is 1.18. The summed E-state index contributed by atoms with van der Waals surface area (Å²) in [5, 5.41) is 2.11. The van der Waals surface area contributed by atoms with Gasteiger partial charge < -0.3 is 24.4 Å². The first-order chi connectivity index (χ1) is 20.4. The smallest absolute Gasteiger partial charge is 0.327 e. The molecule has 0 saturated carbocycles. The molecule has 2 aliphatic rings. The first kappa shape index (κ1) is 28.9. The summed E-state index contributed by atoms with van der Waals surface area (Å²) in [6.45, 7) is -0.0966. The highest BCUT2D eigenvalue weighted by Crippen LogP contribution is 2.44. The Labute approximate surface area is 246 Å². The molecule has 5 rings (SSSR count). The van der Waals surface area contributed by atoms with Crippen molar-refractivity contribution < 1.29 is 38.2 Å². The number of carbonyl (C=O) groups excluding carboxylic acids is 5. The SMILES string of the molecule is COC(=O)C1(C(=O)OC(c2ccccc2)c2ccccc2)CS[C@@H]2C(NC(=O)C(OC=O)c3ccccc3)C(=O)N2C1. The molecule has 2 amide bonds. The maximum absolute atomic E-state index is 13.8. The molecule has 0 radical (unpaired) electrons. The van der Waals surface area contributed by atoms with Crippen LogP contribution in [0.25, 0.3) is 0 Å². The van der Waals surface area contributed by atoms with Crippen molar-refractivity contribution >= 4 is 42.0 Å². The molecule has 3 aromatic rings. The van der Waals surface area contributed by atoms with Gasteiger partial charge in [-0.25, -0.2) is 0 Å². The molecular weight excluding hydrogens is 560 g/mol. The molecule has 216 valence electrons. The third-order valence-corrected chi connectivity index (χ3v) is 8.84. The van der Waals surface area contributed by atoms with Crippen LogP contribution in [0.2, 0.25) is 0 Å². The second-order valence-electron chi connectivity index (χ2n) is 9.86. The quantitative estimate of drug-likeness (QED) is 0.125. The predicted molar refractivity (Wildman–Crippen MR) is 151 cm³/mol. The minimum Gasteiger partial charge on any atom is -0.468 e. The second kappa shape index (κ2) is 12.5. The number of β-lactam (4-membered cyclic amide) rings is 1. The van der Waals surface area contributed by atoms with E-state index in [0.29, 0.717) is 16.7 Å². The largest absolute Gasteiger partial charge is 0.468 e. The van der Waals surface area contributed by atoms with Crippen molar-refractivity contribution in [2.24, 2.45) is 5.41 Å². The number of hydrogen-bond donors (Lipinski definition) is 1. The Morgan fingerprint density at radius 3 is 1.98 bits per heavy atom. The van der Waals surface area contributed by atoms with Gasteiger partial charge in [-0.3, -0.25) is 24.0 Å². The fourth-order valence-corrected chi connectivity index (χ4v) is 6.63. The molecule has 2 saturated heterocycles. The van der Waals surface area contributed by atoms with Crippen molar-refractivity contribution in [1.29, 1.82) is 0 Å². The van der Waals surface area contributed by atoms with Gasteiger partial charge in [0.25, 0.3) is 12.4 Å². The maximum atomic E-state index is 13.8. The van der Waals surface area contributed by atoms with Crippen molar-refractivity contribution in [3.05, 3.63) is 108 Å². The lowest BCUT2D eigenvalue weighted by Crippen LogP contribution is -2.74. The van der Waals surface area contributed by atoms with Crippen LogP contribution in [-0.4, -0.2) is 65.9 Å². The summed E-state index contributed by atoms with van der Waals surface area (Å²) < 4.78 is 16.1. The van der Waals surface area contributed by atoms with Crippen LogP contribution in [0.3, 0.4) is 0 Å². The molecule has 0 bridgehead atoms. The number of amides is 2. The van der Waals surface area contributed by atoms with Gasteiger partial charge in [-0.2, -0.15) is 0 Å². The molecule has 2 aliphatic heterocycles. The fraction of sp³-hybridized carbons (Fsp3) is 0.258. The number of rotatable bonds is 10. The third kappa shape index (κ3) is 5.47. The number of esters is 2. The Morgan fingerprint density at radius 2 is 1.45 bits per heavy atom. The molecule has 0 spiro atoms. The van der Waals surface area contributed by atoms with E-state index in [-0.39, 0.29) is 18.8 Å². The van der Waals surface area contributed by atoms with Crippen molar-refractivity contribution in [2.45, 2.75) is 23.6 Å². The zero-order valence-corrected chi connectivity index (χ0v) is 23.4. The van der Waals surface area contributed by atoms with Gasteiger partial charge in [-0.15, -0.1) is 11.8 Å². The van der Waals surface area contributed by atoms with Crippen LogP contribution in [0.1, 0.15) is 28.9 Å². The summed E-state index contributed by atoms with van der Waals surface area (Å²) in [5.41, 5.74) is 0.0922. The number of nitrogens with one attached hydrogen (secondary N) is 1. The molecule has 4 atom stereocenters. The number of hydrogen-bond acceptors (Lipinski definition) is 9. The molecular formula is C31H28N2O8S. The van der Waals surface area contributed by atoms with E-state index in [0.717, 1.165) is 11.8 Å². The highest BCUT2D eigenvalue weighted by molar-refractivity contribution is 8.00.